The normalized spacial score (nSPS) is 12.1. The Morgan fingerprint density at radius 3 is 2.38 bits per heavy atom. The Labute approximate surface area is 96.0 Å². The highest BCUT2D eigenvalue weighted by Crippen LogP contribution is 2.16. The second-order valence-corrected chi connectivity index (χ2v) is 5.76. The molecule has 0 fully saturated rings. The van der Waals surface area contributed by atoms with Gasteiger partial charge >= 0.3 is 0 Å². The fraction of sp³-hybridized carbons (Fsp3) is 0.364. The van der Waals surface area contributed by atoms with Crippen LogP contribution in [0.4, 0.5) is 0 Å². The van der Waals surface area contributed by atoms with Crippen LogP contribution in [0.25, 0.3) is 0 Å². The zero-order valence-electron chi connectivity index (χ0n) is 9.48. The predicted octanol–water partition coefficient (Wildman–Crippen LogP) is 1.58. The third kappa shape index (κ3) is 2.81. The largest absolute Gasteiger partial charge is 0.242 e. The zero-order chi connectivity index (χ0) is 12.4. The lowest BCUT2D eigenvalue weighted by molar-refractivity contribution is 0.535. The third-order valence-electron chi connectivity index (χ3n) is 2.05. The molecule has 0 amide bonds. The first-order chi connectivity index (χ1) is 7.28. The van der Waals surface area contributed by atoms with Crippen molar-refractivity contribution in [2.45, 2.75) is 31.2 Å². The number of nitrogens with one attached hydrogen (secondary N) is 1. The minimum absolute atomic E-state index is 0.207. The van der Waals surface area contributed by atoms with Gasteiger partial charge in [-0.15, -0.1) is 0 Å². The van der Waals surface area contributed by atoms with Crippen molar-refractivity contribution in [3.8, 4) is 6.07 Å². The number of rotatable bonds is 3. The Morgan fingerprint density at radius 1 is 1.31 bits per heavy atom. The molecule has 0 radical (unpaired) electrons. The van der Waals surface area contributed by atoms with Crippen LogP contribution in [0.15, 0.2) is 29.2 Å². The second kappa shape index (κ2) is 4.24. The molecule has 1 N–H and O–H groups in total. The summed E-state index contributed by atoms with van der Waals surface area (Å²) in [6, 6.07) is 8.55. The van der Waals surface area contributed by atoms with E-state index in [-0.39, 0.29) is 4.90 Å². The summed E-state index contributed by atoms with van der Waals surface area (Å²) in [6.45, 7) is 4.75. The maximum atomic E-state index is 12.0. The number of aryl methyl sites for hydroxylation is 1. The van der Waals surface area contributed by atoms with Gasteiger partial charge in [0.15, 0.2) is 0 Å². The molecule has 5 heteroatoms. The molecular weight excluding hydrogens is 224 g/mol. The van der Waals surface area contributed by atoms with Crippen molar-refractivity contribution in [1.29, 1.82) is 5.26 Å². The predicted molar refractivity (Wildman–Crippen MR) is 61.2 cm³/mol. The van der Waals surface area contributed by atoms with Crippen LogP contribution >= 0.6 is 0 Å². The molecular formula is C11H14N2O2S. The van der Waals surface area contributed by atoms with E-state index in [1.807, 2.05) is 6.07 Å². The molecule has 0 aliphatic rings. The lowest BCUT2D eigenvalue weighted by Gasteiger charge is -2.18. The Balaban J connectivity index is 3.16. The summed E-state index contributed by atoms with van der Waals surface area (Å²) in [7, 11) is -3.63. The Hall–Kier alpha value is -1.38. The van der Waals surface area contributed by atoms with Gasteiger partial charge in [0.1, 0.15) is 5.54 Å². The summed E-state index contributed by atoms with van der Waals surface area (Å²) in [6.07, 6.45) is 0. The van der Waals surface area contributed by atoms with E-state index in [1.165, 1.54) is 19.9 Å². The van der Waals surface area contributed by atoms with Crippen molar-refractivity contribution in [3.05, 3.63) is 29.8 Å². The molecule has 0 aromatic heterocycles. The molecule has 0 bridgehead atoms. The first-order valence-corrected chi connectivity index (χ1v) is 6.28. The van der Waals surface area contributed by atoms with Crippen LogP contribution in [0.3, 0.4) is 0 Å². The minimum atomic E-state index is -3.63. The second-order valence-electron chi connectivity index (χ2n) is 4.11. The molecule has 0 saturated heterocycles. The Morgan fingerprint density at radius 2 is 1.88 bits per heavy atom. The van der Waals surface area contributed by atoms with E-state index in [9.17, 15) is 8.42 Å². The fourth-order valence-corrected chi connectivity index (χ4v) is 2.85. The van der Waals surface area contributed by atoms with E-state index in [0.717, 1.165) is 0 Å². The van der Waals surface area contributed by atoms with Gasteiger partial charge in [0, 0.05) is 0 Å². The molecule has 0 unspecified atom stereocenters. The maximum Gasteiger partial charge on any atom is 0.242 e. The van der Waals surface area contributed by atoms with Crippen LogP contribution in [0.5, 0.6) is 0 Å². The topological polar surface area (TPSA) is 70.0 Å². The first-order valence-electron chi connectivity index (χ1n) is 4.79. The van der Waals surface area contributed by atoms with Crippen molar-refractivity contribution in [3.63, 3.8) is 0 Å². The third-order valence-corrected chi connectivity index (χ3v) is 3.87. The lowest BCUT2D eigenvalue weighted by Crippen LogP contribution is -2.42. The molecule has 1 rings (SSSR count). The quantitative estimate of drug-likeness (QED) is 0.869. The average Bonchev–Trinajstić information content (AvgIpc) is 2.16. The Bertz CT molecular complexity index is 527. The lowest BCUT2D eigenvalue weighted by atomic mass is 10.1. The van der Waals surface area contributed by atoms with Crippen molar-refractivity contribution >= 4 is 10.0 Å². The highest BCUT2D eigenvalue weighted by molar-refractivity contribution is 7.89. The van der Waals surface area contributed by atoms with Crippen LogP contribution in [0, 0.1) is 18.3 Å². The molecule has 0 heterocycles. The molecule has 0 saturated carbocycles. The van der Waals surface area contributed by atoms with Gasteiger partial charge in [-0.05, 0) is 32.4 Å². The van der Waals surface area contributed by atoms with Crippen LogP contribution in [-0.4, -0.2) is 14.0 Å². The van der Waals surface area contributed by atoms with Crippen molar-refractivity contribution in [1.82, 2.24) is 4.72 Å². The van der Waals surface area contributed by atoms with Gasteiger partial charge < -0.3 is 0 Å². The van der Waals surface area contributed by atoms with E-state index in [1.54, 1.807) is 25.1 Å². The Kier molecular flexibility index (Phi) is 3.36. The van der Waals surface area contributed by atoms with E-state index in [4.69, 9.17) is 5.26 Å². The van der Waals surface area contributed by atoms with Crippen molar-refractivity contribution in [2.24, 2.45) is 0 Å². The molecule has 16 heavy (non-hydrogen) atoms. The summed E-state index contributed by atoms with van der Waals surface area (Å²) in [5.74, 6) is 0. The number of benzene rings is 1. The van der Waals surface area contributed by atoms with Gasteiger partial charge in [-0.1, -0.05) is 18.2 Å². The van der Waals surface area contributed by atoms with Gasteiger partial charge in [-0.2, -0.15) is 9.98 Å². The van der Waals surface area contributed by atoms with Crippen molar-refractivity contribution in [2.75, 3.05) is 0 Å². The molecule has 1 aromatic carbocycles. The highest BCUT2D eigenvalue weighted by atomic mass is 32.2. The van der Waals surface area contributed by atoms with Gasteiger partial charge in [-0.25, -0.2) is 8.42 Å². The minimum Gasteiger partial charge on any atom is -0.207 e. The molecule has 0 aliphatic heterocycles. The van der Waals surface area contributed by atoms with E-state index in [2.05, 4.69) is 4.72 Å². The number of hydrogen-bond donors (Lipinski definition) is 1. The smallest absolute Gasteiger partial charge is 0.207 e. The summed E-state index contributed by atoms with van der Waals surface area (Å²) in [5, 5.41) is 8.80. The molecule has 0 aliphatic carbocycles. The van der Waals surface area contributed by atoms with Gasteiger partial charge in [-0.3, -0.25) is 0 Å². The number of hydrogen-bond acceptors (Lipinski definition) is 3. The molecule has 1 aromatic rings. The first kappa shape index (κ1) is 12.7. The fourth-order valence-electron chi connectivity index (χ4n) is 1.27. The van der Waals surface area contributed by atoms with Crippen LogP contribution in [0.2, 0.25) is 0 Å². The van der Waals surface area contributed by atoms with Gasteiger partial charge in [0.2, 0.25) is 10.0 Å². The van der Waals surface area contributed by atoms with E-state index >= 15 is 0 Å². The standard InChI is InChI=1S/C11H14N2O2S/c1-9-6-4-5-7-10(9)16(14,15)13-11(2,3)8-12/h4-7,13H,1-3H3. The number of nitrogens with zero attached hydrogens (tertiary/aromatic N) is 1. The molecule has 4 nitrogen and oxygen atoms in total. The van der Waals surface area contributed by atoms with Crippen LogP contribution < -0.4 is 4.72 Å². The van der Waals surface area contributed by atoms with Crippen LogP contribution in [0.1, 0.15) is 19.4 Å². The number of sulfonamides is 1. The molecule has 0 atom stereocenters. The van der Waals surface area contributed by atoms with Crippen LogP contribution in [-0.2, 0) is 10.0 Å². The molecule has 86 valence electrons. The number of nitriles is 1. The summed E-state index contributed by atoms with van der Waals surface area (Å²) >= 11 is 0. The SMILES string of the molecule is Cc1ccccc1S(=O)(=O)NC(C)(C)C#N. The summed E-state index contributed by atoms with van der Waals surface area (Å²) < 4.78 is 26.3. The van der Waals surface area contributed by atoms with Gasteiger partial charge in [0.05, 0.1) is 11.0 Å². The summed E-state index contributed by atoms with van der Waals surface area (Å²) in [4.78, 5) is 0.207. The molecule has 0 spiro atoms. The maximum absolute atomic E-state index is 12.0. The zero-order valence-corrected chi connectivity index (χ0v) is 10.3. The van der Waals surface area contributed by atoms with Gasteiger partial charge in [0.25, 0.3) is 0 Å². The van der Waals surface area contributed by atoms with Crippen molar-refractivity contribution < 1.29 is 8.42 Å². The summed E-state index contributed by atoms with van der Waals surface area (Å²) in [5.41, 5.74) is -0.454. The monoisotopic (exact) mass is 238 g/mol. The van der Waals surface area contributed by atoms with E-state index in [0.29, 0.717) is 5.56 Å². The van der Waals surface area contributed by atoms with E-state index < -0.39 is 15.6 Å². The average molecular weight is 238 g/mol. The highest BCUT2D eigenvalue weighted by Gasteiger charge is 2.26.